The number of hydrogen-bond acceptors (Lipinski definition) is 2. The van der Waals surface area contributed by atoms with E-state index in [-0.39, 0.29) is 12.4 Å². The van der Waals surface area contributed by atoms with Gasteiger partial charge in [-0.1, -0.05) is 6.92 Å². The highest BCUT2D eigenvalue weighted by Gasteiger charge is 2.33. The smallest absolute Gasteiger partial charge is 0.0224 e. The second-order valence-corrected chi connectivity index (χ2v) is 3.71. The third-order valence-corrected chi connectivity index (χ3v) is 3.17. The molecule has 2 unspecified atom stereocenters. The van der Waals surface area contributed by atoms with E-state index in [9.17, 15) is 0 Å². The maximum absolute atomic E-state index is 3.50. The van der Waals surface area contributed by atoms with E-state index in [4.69, 9.17) is 0 Å². The number of fused-ring (bicyclic) bond motifs is 2. The van der Waals surface area contributed by atoms with E-state index in [1.165, 1.54) is 38.9 Å². The Morgan fingerprint density at radius 3 is 2.75 bits per heavy atom. The van der Waals surface area contributed by atoms with E-state index in [0.717, 1.165) is 12.1 Å². The Balaban J connectivity index is 0.000000720. The first kappa shape index (κ1) is 10.3. The molecule has 3 heteroatoms. The van der Waals surface area contributed by atoms with Crippen molar-refractivity contribution in [1.29, 1.82) is 0 Å². The molecule has 2 fully saturated rings. The average Bonchev–Trinajstić information content (AvgIpc) is 2.23. The molecule has 2 atom stereocenters. The van der Waals surface area contributed by atoms with Gasteiger partial charge in [-0.25, -0.2) is 0 Å². The van der Waals surface area contributed by atoms with Crippen LogP contribution < -0.4 is 5.32 Å². The first-order valence-electron chi connectivity index (χ1n) is 4.88. The molecule has 2 nitrogen and oxygen atoms in total. The number of rotatable bonds is 1. The van der Waals surface area contributed by atoms with Gasteiger partial charge in [0.25, 0.3) is 0 Å². The highest BCUT2D eigenvalue weighted by Crippen LogP contribution is 2.26. The van der Waals surface area contributed by atoms with Gasteiger partial charge in [0.1, 0.15) is 0 Å². The van der Waals surface area contributed by atoms with Crippen molar-refractivity contribution in [1.82, 2.24) is 10.2 Å². The summed E-state index contributed by atoms with van der Waals surface area (Å²) in [6.07, 6.45) is 4.23. The van der Waals surface area contributed by atoms with Crippen molar-refractivity contribution in [2.45, 2.75) is 38.3 Å². The molecule has 72 valence electrons. The SMILES string of the molecule is CCN1C2CCNCC1CC2.Cl. The molecule has 0 aromatic heterocycles. The molecule has 2 aliphatic heterocycles. The molecule has 2 bridgehead atoms. The molecule has 0 spiro atoms. The van der Waals surface area contributed by atoms with Crippen LogP contribution in [0.2, 0.25) is 0 Å². The van der Waals surface area contributed by atoms with E-state index >= 15 is 0 Å². The van der Waals surface area contributed by atoms with Crippen LogP contribution in [-0.4, -0.2) is 36.6 Å². The Hall–Kier alpha value is 0.210. The topological polar surface area (TPSA) is 15.3 Å². The van der Waals surface area contributed by atoms with Crippen LogP contribution in [0, 0.1) is 0 Å². The third kappa shape index (κ3) is 1.76. The minimum absolute atomic E-state index is 0. The number of likely N-dealkylation sites (N-methyl/N-ethyl adjacent to an activating group) is 1. The zero-order valence-corrected chi connectivity index (χ0v) is 8.57. The van der Waals surface area contributed by atoms with Gasteiger partial charge in [0, 0.05) is 18.6 Å². The van der Waals surface area contributed by atoms with Gasteiger partial charge < -0.3 is 5.32 Å². The fraction of sp³-hybridized carbons (Fsp3) is 1.00. The van der Waals surface area contributed by atoms with Gasteiger partial charge in [-0.15, -0.1) is 12.4 Å². The van der Waals surface area contributed by atoms with Crippen LogP contribution in [0.1, 0.15) is 26.2 Å². The lowest BCUT2D eigenvalue weighted by Crippen LogP contribution is -2.37. The maximum Gasteiger partial charge on any atom is 0.0224 e. The van der Waals surface area contributed by atoms with Crippen molar-refractivity contribution < 1.29 is 0 Å². The van der Waals surface area contributed by atoms with Gasteiger partial charge in [0.2, 0.25) is 0 Å². The second-order valence-electron chi connectivity index (χ2n) is 3.71. The molecule has 0 radical (unpaired) electrons. The lowest BCUT2D eigenvalue weighted by Gasteiger charge is -2.25. The van der Waals surface area contributed by atoms with Crippen LogP contribution in [0.3, 0.4) is 0 Å². The van der Waals surface area contributed by atoms with Crippen molar-refractivity contribution >= 4 is 12.4 Å². The van der Waals surface area contributed by atoms with E-state index in [1.54, 1.807) is 0 Å². The fourth-order valence-corrected chi connectivity index (χ4v) is 2.60. The van der Waals surface area contributed by atoms with Crippen LogP contribution in [-0.2, 0) is 0 Å². The van der Waals surface area contributed by atoms with E-state index in [2.05, 4.69) is 17.1 Å². The predicted molar refractivity (Wildman–Crippen MR) is 53.9 cm³/mol. The maximum atomic E-state index is 3.50. The Kier molecular flexibility index (Phi) is 3.81. The summed E-state index contributed by atoms with van der Waals surface area (Å²) in [5.41, 5.74) is 0. The predicted octanol–water partition coefficient (Wildman–Crippen LogP) is 1.25. The highest BCUT2D eigenvalue weighted by atomic mass is 35.5. The molecular weight excluding hydrogens is 172 g/mol. The average molecular weight is 191 g/mol. The third-order valence-electron chi connectivity index (χ3n) is 3.17. The van der Waals surface area contributed by atoms with Crippen LogP contribution in [0.25, 0.3) is 0 Å². The van der Waals surface area contributed by atoms with Crippen LogP contribution in [0.15, 0.2) is 0 Å². The van der Waals surface area contributed by atoms with Crippen molar-refractivity contribution in [3.8, 4) is 0 Å². The molecule has 0 saturated carbocycles. The van der Waals surface area contributed by atoms with Gasteiger partial charge >= 0.3 is 0 Å². The van der Waals surface area contributed by atoms with Gasteiger partial charge in [0.05, 0.1) is 0 Å². The lowest BCUT2D eigenvalue weighted by atomic mass is 10.1. The molecule has 2 aliphatic rings. The molecule has 0 aromatic rings. The molecule has 0 amide bonds. The van der Waals surface area contributed by atoms with Gasteiger partial charge in [0.15, 0.2) is 0 Å². The summed E-state index contributed by atoms with van der Waals surface area (Å²) in [5, 5.41) is 3.50. The molecule has 2 saturated heterocycles. The quantitative estimate of drug-likeness (QED) is 0.670. The van der Waals surface area contributed by atoms with E-state index < -0.39 is 0 Å². The van der Waals surface area contributed by atoms with Crippen LogP contribution >= 0.6 is 12.4 Å². The summed E-state index contributed by atoms with van der Waals surface area (Å²) >= 11 is 0. The second kappa shape index (κ2) is 4.45. The molecule has 12 heavy (non-hydrogen) atoms. The van der Waals surface area contributed by atoms with Crippen molar-refractivity contribution in [2.24, 2.45) is 0 Å². The Labute approximate surface area is 81.1 Å². The highest BCUT2D eigenvalue weighted by molar-refractivity contribution is 5.85. The van der Waals surface area contributed by atoms with E-state index in [0.29, 0.717) is 0 Å². The number of halogens is 1. The monoisotopic (exact) mass is 190 g/mol. The normalized spacial score (nSPS) is 35.8. The molecule has 1 N–H and O–H groups in total. The summed E-state index contributed by atoms with van der Waals surface area (Å²) < 4.78 is 0. The Bertz CT molecular complexity index is 126. The van der Waals surface area contributed by atoms with Crippen molar-refractivity contribution in [3.05, 3.63) is 0 Å². The van der Waals surface area contributed by atoms with Crippen LogP contribution in [0.5, 0.6) is 0 Å². The molecule has 0 aliphatic carbocycles. The van der Waals surface area contributed by atoms with Gasteiger partial charge in [-0.2, -0.15) is 0 Å². The van der Waals surface area contributed by atoms with Gasteiger partial charge in [-0.05, 0) is 32.4 Å². The molecule has 0 aromatic carbocycles. The first-order valence-corrected chi connectivity index (χ1v) is 4.88. The molecule has 2 heterocycles. The molecular formula is C9H19ClN2. The van der Waals surface area contributed by atoms with Crippen LogP contribution in [0.4, 0.5) is 0 Å². The minimum atomic E-state index is 0. The summed E-state index contributed by atoms with van der Waals surface area (Å²) in [6.45, 7) is 6.00. The Morgan fingerprint density at radius 2 is 2.00 bits per heavy atom. The summed E-state index contributed by atoms with van der Waals surface area (Å²) in [7, 11) is 0. The minimum Gasteiger partial charge on any atom is -0.315 e. The summed E-state index contributed by atoms with van der Waals surface area (Å²) in [5.74, 6) is 0. The fourth-order valence-electron chi connectivity index (χ4n) is 2.60. The number of nitrogens with zero attached hydrogens (tertiary/aromatic N) is 1. The first-order chi connectivity index (χ1) is 5.42. The summed E-state index contributed by atoms with van der Waals surface area (Å²) in [4.78, 5) is 2.68. The lowest BCUT2D eigenvalue weighted by molar-refractivity contribution is 0.214. The van der Waals surface area contributed by atoms with E-state index in [1.807, 2.05) is 0 Å². The number of nitrogens with one attached hydrogen (secondary N) is 1. The Morgan fingerprint density at radius 1 is 1.25 bits per heavy atom. The summed E-state index contributed by atoms with van der Waals surface area (Å²) in [6, 6.07) is 1.76. The largest absolute Gasteiger partial charge is 0.315 e. The number of hydrogen-bond donors (Lipinski definition) is 1. The zero-order chi connectivity index (χ0) is 7.68. The standard InChI is InChI=1S/C9H18N2.ClH/c1-2-11-8-3-4-9(11)7-10-6-5-8;/h8-10H,2-7H2,1H3;1H. The van der Waals surface area contributed by atoms with Crippen molar-refractivity contribution in [2.75, 3.05) is 19.6 Å². The van der Waals surface area contributed by atoms with Gasteiger partial charge in [-0.3, -0.25) is 4.90 Å². The molecule has 2 rings (SSSR count). The van der Waals surface area contributed by atoms with Crippen molar-refractivity contribution in [3.63, 3.8) is 0 Å². The zero-order valence-electron chi connectivity index (χ0n) is 7.75.